The van der Waals surface area contributed by atoms with E-state index in [4.69, 9.17) is 10.5 Å². The van der Waals surface area contributed by atoms with Crippen LogP contribution in [0.1, 0.15) is 11.3 Å². The summed E-state index contributed by atoms with van der Waals surface area (Å²) in [6, 6.07) is 10.4. The third kappa shape index (κ3) is 2.78. The number of aromatic nitrogens is 1. The fourth-order valence-corrected chi connectivity index (χ4v) is 2.17. The van der Waals surface area contributed by atoms with Gasteiger partial charge >= 0.3 is 0 Å². The fraction of sp³-hybridized carbons (Fsp3) is 0.176. The van der Waals surface area contributed by atoms with Crippen molar-refractivity contribution in [3.63, 3.8) is 0 Å². The molecule has 2 heterocycles. The number of benzene rings is 1. The zero-order chi connectivity index (χ0) is 15.5. The Kier molecular flexibility index (Phi) is 3.77. The number of nitrogens with zero attached hydrogens (tertiary/aromatic N) is 2. The topological polar surface area (TPSA) is 68.5 Å². The molecule has 0 spiro atoms. The van der Waals surface area contributed by atoms with Gasteiger partial charge in [-0.15, -0.1) is 0 Å². The second-order valence-corrected chi connectivity index (χ2v) is 4.96. The number of ether oxygens (including phenoxy) is 1. The summed E-state index contributed by atoms with van der Waals surface area (Å²) < 4.78 is 5.57. The molecule has 1 aliphatic rings. The number of hydrogen-bond acceptors (Lipinski definition) is 4. The van der Waals surface area contributed by atoms with Gasteiger partial charge in [0.1, 0.15) is 24.1 Å². The van der Waals surface area contributed by atoms with Crippen LogP contribution in [0.3, 0.4) is 0 Å². The predicted octanol–water partition coefficient (Wildman–Crippen LogP) is 1.16. The average molecular weight is 293 g/mol. The lowest BCUT2D eigenvalue weighted by Gasteiger charge is -2.17. The Morgan fingerprint density at radius 1 is 1.32 bits per heavy atom. The summed E-state index contributed by atoms with van der Waals surface area (Å²) in [6.45, 7) is 0.176. The second-order valence-electron chi connectivity index (χ2n) is 4.96. The number of likely N-dealkylation sites (N-methyl/N-ethyl adjacent to an activating group) is 1. The van der Waals surface area contributed by atoms with E-state index in [1.165, 1.54) is 4.90 Å². The minimum absolute atomic E-state index is 0.173. The summed E-state index contributed by atoms with van der Waals surface area (Å²) in [6.07, 6.45) is 1.70. The first-order valence-corrected chi connectivity index (χ1v) is 6.88. The van der Waals surface area contributed by atoms with Gasteiger partial charge in [-0.3, -0.25) is 4.79 Å². The Morgan fingerprint density at radius 2 is 2.18 bits per heavy atom. The van der Waals surface area contributed by atoms with Gasteiger partial charge in [0.15, 0.2) is 0 Å². The molecule has 1 aromatic heterocycles. The Bertz CT molecular complexity index is 762. The lowest BCUT2D eigenvalue weighted by molar-refractivity contribution is -0.119. The fourth-order valence-electron chi connectivity index (χ4n) is 2.17. The van der Waals surface area contributed by atoms with Crippen LogP contribution in [0.25, 0.3) is 0 Å². The number of carbonyl (C=O) groups is 1. The average Bonchev–Trinajstić information content (AvgIpc) is 2.66. The summed E-state index contributed by atoms with van der Waals surface area (Å²) in [5.41, 5.74) is 7.92. The summed E-state index contributed by atoms with van der Waals surface area (Å²) in [7, 11) is 1.69. The molecule has 0 bridgehead atoms. The molecule has 0 fully saturated rings. The molecule has 0 aliphatic carbocycles. The molecule has 0 radical (unpaired) electrons. The molecular formula is C17H15N3O2. The van der Waals surface area contributed by atoms with E-state index in [1.54, 1.807) is 19.3 Å². The van der Waals surface area contributed by atoms with Crippen LogP contribution in [-0.4, -0.2) is 30.6 Å². The summed E-state index contributed by atoms with van der Waals surface area (Å²) in [4.78, 5) is 17.7. The first-order valence-electron chi connectivity index (χ1n) is 6.88. The Morgan fingerprint density at radius 3 is 2.95 bits per heavy atom. The Hall–Kier alpha value is -2.84. The SMILES string of the molecule is CN1C(=O)[C@@H](N)COc2ccc(C#Cc3ccccn3)cc21. The Balaban J connectivity index is 1.94. The largest absolute Gasteiger partial charge is 0.489 e. The van der Waals surface area contributed by atoms with E-state index in [9.17, 15) is 4.79 Å². The van der Waals surface area contributed by atoms with E-state index in [1.807, 2.05) is 30.3 Å². The molecule has 0 saturated carbocycles. The molecule has 1 atom stereocenters. The molecule has 1 aliphatic heterocycles. The zero-order valence-corrected chi connectivity index (χ0v) is 12.1. The highest BCUT2D eigenvalue weighted by molar-refractivity contribution is 5.98. The first-order chi connectivity index (χ1) is 10.6. The summed E-state index contributed by atoms with van der Waals surface area (Å²) in [5.74, 6) is 6.49. The lowest BCUT2D eigenvalue weighted by atomic mass is 10.1. The molecule has 1 aromatic carbocycles. The van der Waals surface area contributed by atoms with E-state index >= 15 is 0 Å². The van der Waals surface area contributed by atoms with Crippen LogP contribution in [0.15, 0.2) is 42.6 Å². The maximum atomic E-state index is 12.1. The number of carbonyl (C=O) groups excluding carboxylic acids is 1. The van der Waals surface area contributed by atoms with Crippen LogP contribution < -0.4 is 15.4 Å². The monoisotopic (exact) mass is 293 g/mol. The highest BCUT2D eigenvalue weighted by Crippen LogP contribution is 2.31. The van der Waals surface area contributed by atoms with Crippen LogP contribution in [0.2, 0.25) is 0 Å². The first kappa shape index (κ1) is 14.1. The quantitative estimate of drug-likeness (QED) is 0.740. The number of pyridine rings is 1. The number of rotatable bonds is 0. The van der Waals surface area contributed by atoms with Gasteiger partial charge in [-0.2, -0.15) is 0 Å². The van der Waals surface area contributed by atoms with Crippen molar-refractivity contribution >= 4 is 11.6 Å². The van der Waals surface area contributed by atoms with Crippen molar-refractivity contribution in [1.82, 2.24) is 4.98 Å². The smallest absolute Gasteiger partial charge is 0.247 e. The van der Waals surface area contributed by atoms with E-state index in [-0.39, 0.29) is 12.5 Å². The molecule has 1 amide bonds. The van der Waals surface area contributed by atoms with Crippen LogP contribution >= 0.6 is 0 Å². The molecule has 0 saturated heterocycles. The standard InChI is InChI=1S/C17H15N3O2/c1-20-15-10-12(5-7-13-4-2-3-9-19-13)6-8-16(15)22-11-14(18)17(20)21/h2-4,6,8-10,14H,11,18H2,1H3/t14-/m0/s1. The highest BCUT2D eigenvalue weighted by atomic mass is 16.5. The molecule has 22 heavy (non-hydrogen) atoms. The van der Waals surface area contributed by atoms with Gasteiger partial charge in [0.25, 0.3) is 0 Å². The van der Waals surface area contributed by atoms with Gasteiger partial charge in [-0.1, -0.05) is 12.0 Å². The molecule has 2 N–H and O–H groups in total. The molecule has 110 valence electrons. The number of nitrogens with two attached hydrogens (primary N) is 1. The van der Waals surface area contributed by atoms with Gasteiger partial charge in [-0.25, -0.2) is 4.98 Å². The van der Waals surface area contributed by atoms with Crippen molar-refractivity contribution in [2.75, 3.05) is 18.6 Å². The summed E-state index contributed by atoms with van der Waals surface area (Å²) in [5, 5.41) is 0. The molecule has 5 nitrogen and oxygen atoms in total. The van der Waals surface area contributed by atoms with Gasteiger partial charge in [-0.05, 0) is 36.3 Å². The van der Waals surface area contributed by atoms with Gasteiger partial charge < -0.3 is 15.4 Å². The van der Waals surface area contributed by atoms with Crippen molar-refractivity contribution in [2.24, 2.45) is 5.73 Å². The maximum Gasteiger partial charge on any atom is 0.247 e. The molecular weight excluding hydrogens is 278 g/mol. The third-order valence-corrected chi connectivity index (χ3v) is 3.39. The zero-order valence-electron chi connectivity index (χ0n) is 12.1. The predicted molar refractivity (Wildman–Crippen MR) is 83.5 cm³/mol. The van der Waals surface area contributed by atoms with Crippen molar-refractivity contribution < 1.29 is 9.53 Å². The Labute approximate surface area is 128 Å². The summed E-state index contributed by atoms with van der Waals surface area (Å²) >= 11 is 0. The highest BCUT2D eigenvalue weighted by Gasteiger charge is 2.26. The van der Waals surface area contributed by atoms with Crippen LogP contribution in [0.4, 0.5) is 5.69 Å². The van der Waals surface area contributed by atoms with Gasteiger partial charge in [0, 0.05) is 18.8 Å². The van der Waals surface area contributed by atoms with E-state index in [2.05, 4.69) is 16.8 Å². The normalized spacial score (nSPS) is 16.9. The van der Waals surface area contributed by atoms with Crippen LogP contribution in [0.5, 0.6) is 5.75 Å². The van der Waals surface area contributed by atoms with E-state index < -0.39 is 6.04 Å². The molecule has 0 unspecified atom stereocenters. The van der Waals surface area contributed by atoms with E-state index in [0.717, 1.165) is 5.56 Å². The molecule has 5 heteroatoms. The van der Waals surface area contributed by atoms with E-state index in [0.29, 0.717) is 17.1 Å². The molecule has 3 rings (SSSR count). The number of fused-ring (bicyclic) bond motifs is 1. The van der Waals surface area contributed by atoms with Crippen molar-refractivity contribution in [3.8, 4) is 17.6 Å². The lowest BCUT2D eigenvalue weighted by Crippen LogP contribution is -2.43. The van der Waals surface area contributed by atoms with Crippen LogP contribution in [-0.2, 0) is 4.79 Å². The van der Waals surface area contributed by atoms with Crippen molar-refractivity contribution in [2.45, 2.75) is 6.04 Å². The third-order valence-electron chi connectivity index (χ3n) is 3.39. The number of amides is 1. The van der Waals surface area contributed by atoms with Crippen molar-refractivity contribution in [3.05, 3.63) is 53.9 Å². The molecule has 2 aromatic rings. The van der Waals surface area contributed by atoms with Crippen LogP contribution in [0, 0.1) is 11.8 Å². The number of hydrogen-bond donors (Lipinski definition) is 1. The number of anilines is 1. The van der Waals surface area contributed by atoms with Crippen molar-refractivity contribution in [1.29, 1.82) is 0 Å². The van der Waals surface area contributed by atoms with Gasteiger partial charge in [0.2, 0.25) is 5.91 Å². The second kappa shape index (κ2) is 5.88. The van der Waals surface area contributed by atoms with Gasteiger partial charge in [0.05, 0.1) is 5.69 Å². The maximum absolute atomic E-state index is 12.1. The minimum Gasteiger partial charge on any atom is -0.489 e. The minimum atomic E-state index is -0.652.